The van der Waals surface area contributed by atoms with Crippen LogP contribution in [0.25, 0.3) is 11.1 Å². The molecule has 0 bridgehead atoms. The molecule has 2 rings (SSSR count). The molecule has 0 amide bonds. The van der Waals surface area contributed by atoms with Crippen molar-refractivity contribution in [2.75, 3.05) is 0 Å². The molecule has 18 heavy (non-hydrogen) atoms. The van der Waals surface area contributed by atoms with E-state index in [9.17, 15) is 9.18 Å². The lowest BCUT2D eigenvalue weighted by atomic mass is 9.97. The summed E-state index contributed by atoms with van der Waals surface area (Å²) in [5.41, 5.74) is 3.87. The third-order valence-corrected chi connectivity index (χ3v) is 3.33. The Labute approximate surface area is 110 Å². The largest absolute Gasteiger partial charge is 0.298 e. The van der Waals surface area contributed by atoms with Crippen molar-refractivity contribution in [1.29, 1.82) is 0 Å². The van der Waals surface area contributed by atoms with E-state index in [1.165, 1.54) is 12.1 Å². The average Bonchev–Trinajstić information content (AvgIpc) is 2.34. The van der Waals surface area contributed by atoms with E-state index >= 15 is 0 Å². The summed E-state index contributed by atoms with van der Waals surface area (Å²) < 4.78 is 13.1. The summed E-state index contributed by atoms with van der Waals surface area (Å²) in [6, 6.07) is 7.89. The molecule has 0 aromatic heterocycles. The van der Waals surface area contributed by atoms with E-state index in [1.54, 1.807) is 6.07 Å². The number of aldehydes is 1. The Kier molecular flexibility index (Phi) is 3.48. The third kappa shape index (κ3) is 2.29. The Morgan fingerprint density at radius 1 is 1.06 bits per heavy atom. The van der Waals surface area contributed by atoms with Crippen LogP contribution in [0.5, 0.6) is 0 Å². The molecule has 0 aliphatic carbocycles. The summed E-state index contributed by atoms with van der Waals surface area (Å²) in [7, 11) is 0. The molecule has 3 heteroatoms. The second-order valence-corrected chi connectivity index (χ2v) is 4.67. The minimum Gasteiger partial charge on any atom is -0.298 e. The fourth-order valence-electron chi connectivity index (χ4n) is 1.86. The van der Waals surface area contributed by atoms with Crippen molar-refractivity contribution in [1.82, 2.24) is 0 Å². The van der Waals surface area contributed by atoms with Crippen molar-refractivity contribution in [3.63, 3.8) is 0 Å². The lowest BCUT2D eigenvalue weighted by Gasteiger charge is -2.10. The molecule has 0 N–H and O–H groups in total. The number of hydrogen-bond acceptors (Lipinski definition) is 1. The first-order valence-corrected chi connectivity index (χ1v) is 5.92. The molecular weight excluding hydrogens is 251 g/mol. The van der Waals surface area contributed by atoms with E-state index in [0.717, 1.165) is 16.7 Å². The van der Waals surface area contributed by atoms with Gasteiger partial charge in [-0.3, -0.25) is 4.79 Å². The summed E-state index contributed by atoms with van der Waals surface area (Å²) in [5.74, 6) is -0.430. The van der Waals surface area contributed by atoms with Gasteiger partial charge in [-0.15, -0.1) is 0 Å². The molecule has 0 atom stereocenters. The molecule has 0 spiro atoms. The Morgan fingerprint density at radius 2 is 1.72 bits per heavy atom. The molecule has 1 nitrogen and oxygen atoms in total. The molecule has 0 heterocycles. The number of carbonyl (C=O) groups excluding carboxylic acids is 1. The molecule has 0 radical (unpaired) electrons. The first-order chi connectivity index (χ1) is 8.52. The molecule has 0 saturated carbocycles. The quantitative estimate of drug-likeness (QED) is 0.724. The molecule has 92 valence electrons. The number of carbonyl (C=O) groups is 1. The zero-order chi connectivity index (χ0) is 13.3. The van der Waals surface area contributed by atoms with E-state index in [4.69, 9.17) is 11.6 Å². The van der Waals surface area contributed by atoms with Crippen LogP contribution in [-0.4, -0.2) is 6.29 Å². The van der Waals surface area contributed by atoms with Gasteiger partial charge in [0, 0.05) is 16.1 Å². The minimum atomic E-state index is -0.430. The normalized spacial score (nSPS) is 10.4. The lowest BCUT2D eigenvalue weighted by Crippen LogP contribution is -1.92. The lowest BCUT2D eigenvalue weighted by molar-refractivity contribution is 0.112. The van der Waals surface area contributed by atoms with Gasteiger partial charge in [0.15, 0.2) is 6.29 Å². The fraction of sp³-hybridized carbons (Fsp3) is 0.133. The first kappa shape index (κ1) is 12.8. The van der Waals surface area contributed by atoms with Crippen molar-refractivity contribution in [2.45, 2.75) is 13.8 Å². The highest BCUT2D eigenvalue weighted by Gasteiger charge is 2.11. The highest BCUT2D eigenvalue weighted by atomic mass is 35.5. The maximum Gasteiger partial charge on any atom is 0.150 e. The number of hydrogen-bond donors (Lipinski definition) is 0. The SMILES string of the molecule is Cc1cc(Cl)c(-c2ccc(F)cc2C=O)cc1C. The smallest absolute Gasteiger partial charge is 0.150 e. The molecule has 0 saturated heterocycles. The highest BCUT2D eigenvalue weighted by Crippen LogP contribution is 2.32. The van der Waals surface area contributed by atoms with Crippen LogP contribution in [0.4, 0.5) is 4.39 Å². The van der Waals surface area contributed by atoms with Crippen molar-refractivity contribution in [3.05, 3.63) is 57.9 Å². The van der Waals surface area contributed by atoms with Crippen LogP contribution in [0, 0.1) is 19.7 Å². The minimum absolute atomic E-state index is 0.306. The molecular formula is C15H12ClFO. The van der Waals surface area contributed by atoms with Gasteiger partial charge in [0.05, 0.1) is 0 Å². The van der Waals surface area contributed by atoms with Gasteiger partial charge in [0.2, 0.25) is 0 Å². The average molecular weight is 263 g/mol. The Bertz CT molecular complexity index is 620. The highest BCUT2D eigenvalue weighted by molar-refractivity contribution is 6.33. The first-order valence-electron chi connectivity index (χ1n) is 5.55. The summed E-state index contributed by atoms with van der Waals surface area (Å²) in [5, 5.41) is 0.563. The van der Waals surface area contributed by atoms with Crippen LogP contribution < -0.4 is 0 Å². The van der Waals surface area contributed by atoms with Crippen LogP contribution in [0.3, 0.4) is 0 Å². The van der Waals surface area contributed by atoms with E-state index in [0.29, 0.717) is 22.4 Å². The van der Waals surface area contributed by atoms with Crippen LogP contribution in [0.1, 0.15) is 21.5 Å². The molecule has 2 aromatic carbocycles. The molecule has 0 fully saturated rings. The summed E-state index contributed by atoms with van der Waals surface area (Å²) in [6.07, 6.45) is 0.643. The molecule has 0 aliphatic heterocycles. The Balaban J connectivity index is 2.69. The third-order valence-electron chi connectivity index (χ3n) is 3.01. The van der Waals surface area contributed by atoms with Gasteiger partial charge in [-0.1, -0.05) is 17.7 Å². The van der Waals surface area contributed by atoms with Crippen molar-refractivity contribution in [3.8, 4) is 11.1 Å². The number of benzene rings is 2. The predicted octanol–water partition coefficient (Wildman–Crippen LogP) is 4.58. The Morgan fingerprint density at radius 3 is 2.39 bits per heavy atom. The van der Waals surface area contributed by atoms with E-state index in [-0.39, 0.29) is 0 Å². The predicted molar refractivity (Wildman–Crippen MR) is 71.7 cm³/mol. The van der Waals surface area contributed by atoms with E-state index in [2.05, 4.69) is 0 Å². The monoisotopic (exact) mass is 262 g/mol. The zero-order valence-electron chi connectivity index (χ0n) is 10.1. The van der Waals surface area contributed by atoms with E-state index < -0.39 is 5.82 Å². The van der Waals surface area contributed by atoms with Crippen LogP contribution in [-0.2, 0) is 0 Å². The second-order valence-electron chi connectivity index (χ2n) is 4.27. The van der Waals surface area contributed by atoms with Gasteiger partial charge in [-0.05, 0) is 54.8 Å². The number of halogens is 2. The number of aryl methyl sites for hydroxylation is 2. The molecule has 0 aliphatic rings. The van der Waals surface area contributed by atoms with Crippen LogP contribution in [0.2, 0.25) is 5.02 Å². The summed E-state index contributed by atoms with van der Waals surface area (Å²) >= 11 is 6.20. The molecule has 0 unspecified atom stereocenters. The van der Waals surface area contributed by atoms with Gasteiger partial charge in [-0.25, -0.2) is 4.39 Å². The molecule has 2 aromatic rings. The standard InChI is InChI=1S/C15H12ClFO/c1-9-5-14(15(16)6-10(9)2)13-4-3-12(17)7-11(13)8-18/h3-8H,1-2H3. The van der Waals surface area contributed by atoms with Gasteiger partial charge < -0.3 is 0 Å². The van der Waals surface area contributed by atoms with Crippen LogP contribution in [0.15, 0.2) is 30.3 Å². The fourth-order valence-corrected chi connectivity index (χ4v) is 2.18. The second kappa shape index (κ2) is 4.91. The topological polar surface area (TPSA) is 17.1 Å². The maximum atomic E-state index is 13.1. The number of rotatable bonds is 2. The zero-order valence-corrected chi connectivity index (χ0v) is 10.9. The van der Waals surface area contributed by atoms with Gasteiger partial charge in [-0.2, -0.15) is 0 Å². The van der Waals surface area contributed by atoms with Crippen molar-refractivity contribution < 1.29 is 9.18 Å². The van der Waals surface area contributed by atoms with E-state index in [1.807, 2.05) is 26.0 Å². The summed E-state index contributed by atoms with van der Waals surface area (Å²) in [6.45, 7) is 3.94. The van der Waals surface area contributed by atoms with Crippen molar-refractivity contribution >= 4 is 17.9 Å². The van der Waals surface area contributed by atoms with Crippen LogP contribution >= 0.6 is 11.6 Å². The van der Waals surface area contributed by atoms with Gasteiger partial charge in [0.1, 0.15) is 5.82 Å². The summed E-state index contributed by atoms with van der Waals surface area (Å²) in [4.78, 5) is 11.0. The van der Waals surface area contributed by atoms with Crippen molar-refractivity contribution in [2.24, 2.45) is 0 Å². The maximum absolute atomic E-state index is 13.1. The van der Waals surface area contributed by atoms with Gasteiger partial charge in [0.25, 0.3) is 0 Å². The Hall–Kier alpha value is -1.67. The van der Waals surface area contributed by atoms with Gasteiger partial charge >= 0.3 is 0 Å².